The molecular weight excluding hydrogens is 258 g/mol. The summed E-state index contributed by atoms with van der Waals surface area (Å²) in [5.74, 6) is 0.673. The summed E-state index contributed by atoms with van der Waals surface area (Å²) in [5.41, 5.74) is 2.62. The van der Waals surface area contributed by atoms with Crippen molar-refractivity contribution in [2.45, 2.75) is 37.8 Å². The number of nitrogens with zero attached hydrogens (tertiary/aromatic N) is 1. The molecule has 4 heteroatoms. The van der Waals surface area contributed by atoms with Gasteiger partial charge in [0.1, 0.15) is 0 Å². The van der Waals surface area contributed by atoms with E-state index in [1.807, 2.05) is 24.5 Å². The highest BCUT2D eigenvalue weighted by molar-refractivity contribution is 6.30. The van der Waals surface area contributed by atoms with Gasteiger partial charge in [-0.25, -0.2) is 0 Å². The number of hydrogen-bond acceptors (Lipinski definition) is 2. The fraction of sp³-hybridized carbons (Fsp3) is 0.400. The first-order valence-corrected chi connectivity index (χ1v) is 7.10. The molecule has 1 aromatic carbocycles. The minimum atomic E-state index is 0.356. The van der Waals surface area contributed by atoms with Gasteiger partial charge in [0, 0.05) is 28.9 Å². The molecule has 0 saturated heterocycles. The van der Waals surface area contributed by atoms with Crippen LogP contribution in [0.5, 0.6) is 0 Å². The van der Waals surface area contributed by atoms with Gasteiger partial charge in [-0.3, -0.25) is 5.10 Å². The molecule has 2 aromatic rings. The smallest absolute Gasteiger partial charge is 0.0534 e. The first-order valence-electron chi connectivity index (χ1n) is 6.72. The Bertz CT molecular complexity index is 515. The van der Waals surface area contributed by atoms with Crippen molar-refractivity contribution in [2.24, 2.45) is 0 Å². The average Bonchev–Trinajstić information content (AvgIpc) is 2.88. The van der Waals surface area contributed by atoms with Crippen molar-refractivity contribution in [3.8, 4) is 0 Å². The summed E-state index contributed by atoms with van der Waals surface area (Å²) < 4.78 is 0. The minimum Gasteiger partial charge on any atom is -0.307 e. The van der Waals surface area contributed by atoms with E-state index < -0.39 is 0 Å². The number of nitrogens with one attached hydrogen (secondary N) is 2. The second-order valence-electron chi connectivity index (χ2n) is 5.34. The predicted octanol–water partition coefficient (Wildman–Crippen LogP) is 3.66. The second kappa shape index (κ2) is 5.35. The lowest BCUT2D eigenvalue weighted by Crippen LogP contribution is -2.41. The normalized spacial score (nSPS) is 23.9. The van der Waals surface area contributed by atoms with Gasteiger partial charge in [-0.1, -0.05) is 23.7 Å². The number of benzene rings is 1. The molecule has 1 fully saturated rings. The summed E-state index contributed by atoms with van der Waals surface area (Å²) >= 11 is 5.91. The molecule has 3 nitrogen and oxygen atoms in total. The third kappa shape index (κ3) is 2.82. The summed E-state index contributed by atoms with van der Waals surface area (Å²) in [6.45, 7) is 2.18. The molecule has 1 aromatic heterocycles. The Balaban J connectivity index is 1.51. The van der Waals surface area contributed by atoms with Crippen molar-refractivity contribution >= 4 is 11.6 Å². The maximum Gasteiger partial charge on any atom is 0.0534 e. The molecule has 0 bridgehead atoms. The van der Waals surface area contributed by atoms with E-state index in [9.17, 15) is 0 Å². The van der Waals surface area contributed by atoms with Crippen LogP contribution in [0.4, 0.5) is 0 Å². The van der Waals surface area contributed by atoms with Gasteiger partial charge in [0.25, 0.3) is 0 Å². The highest BCUT2D eigenvalue weighted by atomic mass is 35.5. The number of hydrogen-bond donors (Lipinski definition) is 2. The zero-order valence-electron chi connectivity index (χ0n) is 10.9. The van der Waals surface area contributed by atoms with E-state index in [1.165, 1.54) is 24.0 Å². The average molecular weight is 276 g/mol. The largest absolute Gasteiger partial charge is 0.307 e. The highest BCUT2D eigenvalue weighted by Gasteiger charge is 2.31. The third-order valence-corrected chi connectivity index (χ3v) is 4.24. The fourth-order valence-electron chi connectivity index (χ4n) is 2.71. The van der Waals surface area contributed by atoms with Crippen LogP contribution < -0.4 is 5.32 Å². The van der Waals surface area contributed by atoms with Crippen LogP contribution >= 0.6 is 11.6 Å². The molecule has 0 spiro atoms. The summed E-state index contributed by atoms with van der Waals surface area (Å²) in [4.78, 5) is 0. The molecule has 1 aliphatic carbocycles. The highest BCUT2D eigenvalue weighted by Crippen LogP contribution is 2.38. The van der Waals surface area contributed by atoms with Gasteiger partial charge in [-0.2, -0.15) is 5.10 Å². The maximum absolute atomic E-state index is 5.91. The van der Waals surface area contributed by atoms with E-state index in [4.69, 9.17) is 11.6 Å². The Morgan fingerprint density at radius 3 is 2.68 bits per heavy atom. The Labute approximate surface area is 118 Å². The Hall–Kier alpha value is -1.32. The van der Waals surface area contributed by atoms with E-state index in [-0.39, 0.29) is 0 Å². The SMILES string of the molecule is CC(NC1CC(c2ccc(Cl)cc2)C1)c1cn[nH]c1. The standard InChI is InChI=1S/C15H18ClN3/c1-10(13-8-17-18-9-13)19-15-6-12(7-15)11-2-4-14(16)5-3-11/h2-5,8-10,12,15,19H,6-7H2,1H3,(H,17,18). The molecule has 2 N–H and O–H groups in total. The van der Waals surface area contributed by atoms with Crippen molar-refractivity contribution in [3.63, 3.8) is 0 Å². The van der Waals surface area contributed by atoms with Crippen LogP contribution in [0.2, 0.25) is 5.02 Å². The number of aromatic nitrogens is 2. The van der Waals surface area contributed by atoms with Crippen LogP contribution in [-0.4, -0.2) is 16.2 Å². The van der Waals surface area contributed by atoms with Gasteiger partial charge in [0.15, 0.2) is 0 Å². The van der Waals surface area contributed by atoms with Gasteiger partial charge in [-0.05, 0) is 43.4 Å². The summed E-state index contributed by atoms with van der Waals surface area (Å²) in [5, 5.41) is 11.3. The van der Waals surface area contributed by atoms with Gasteiger partial charge < -0.3 is 5.32 Å². The molecule has 3 rings (SSSR count). The molecule has 19 heavy (non-hydrogen) atoms. The molecule has 1 heterocycles. The molecule has 0 radical (unpaired) electrons. The van der Waals surface area contributed by atoms with E-state index in [0.29, 0.717) is 18.0 Å². The van der Waals surface area contributed by atoms with Crippen molar-refractivity contribution in [2.75, 3.05) is 0 Å². The Morgan fingerprint density at radius 2 is 2.05 bits per heavy atom. The molecule has 1 atom stereocenters. The molecule has 0 aliphatic heterocycles. The molecule has 1 aliphatic rings. The molecule has 1 unspecified atom stereocenters. The van der Waals surface area contributed by atoms with Gasteiger partial charge in [-0.15, -0.1) is 0 Å². The van der Waals surface area contributed by atoms with E-state index in [0.717, 1.165) is 5.02 Å². The van der Waals surface area contributed by atoms with E-state index >= 15 is 0 Å². The third-order valence-electron chi connectivity index (χ3n) is 3.98. The lowest BCUT2D eigenvalue weighted by atomic mass is 9.75. The second-order valence-corrected chi connectivity index (χ2v) is 5.77. The summed E-state index contributed by atoms with van der Waals surface area (Å²) in [6, 6.07) is 9.20. The predicted molar refractivity (Wildman–Crippen MR) is 77.4 cm³/mol. The van der Waals surface area contributed by atoms with Gasteiger partial charge >= 0.3 is 0 Å². The van der Waals surface area contributed by atoms with Crippen LogP contribution in [0.1, 0.15) is 42.9 Å². The first-order chi connectivity index (χ1) is 9.22. The van der Waals surface area contributed by atoms with Crippen LogP contribution in [0.25, 0.3) is 0 Å². The number of rotatable bonds is 4. The summed E-state index contributed by atoms with van der Waals surface area (Å²) in [6.07, 6.45) is 6.23. The van der Waals surface area contributed by atoms with Crippen LogP contribution in [0.15, 0.2) is 36.7 Å². The lowest BCUT2D eigenvalue weighted by molar-refractivity contribution is 0.271. The topological polar surface area (TPSA) is 40.7 Å². The van der Waals surface area contributed by atoms with Crippen molar-refractivity contribution in [1.29, 1.82) is 0 Å². The number of aromatic amines is 1. The molecule has 0 amide bonds. The Morgan fingerprint density at radius 1 is 1.32 bits per heavy atom. The lowest BCUT2D eigenvalue weighted by Gasteiger charge is -2.38. The monoisotopic (exact) mass is 275 g/mol. The van der Waals surface area contributed by atoms with E-state index in [1.54, 1.807) is 0 Å². The zero-order chi connectivity index (χ0) is 13.2. The van der Waals surface area contributed by atoms with Gasteiger partial charge in [0.05, 0.1) is 6.20 Å². The zero-order valence-corrected chi connectivity index (χ0v) is 11.7. The maximum atomic E-state index is 5.91. The first kappa shape index (κ1) is 12.7. The fourth-order valence-corrected chi connectivity index (χ4v) is 2.83. The molecule has 100 valence electrons. The van der Waals surface area contributed by atoms with E-state index in [2.05, 4.69) is 34.6 Å². The summed E-state index contributed by atoms with van der Waals surface area (Å²) in [7, 11) is 0. The Kier molecular flexibility index (Phi) is 3.58. The molecule has 1 saturated carbocycles. The van der Waals surface area contributed by atoms with Crippen LogP contribution in [0.3, 0.4) is 0 Å². The number of H-pyrrole nitrogens is 1. The van der Waals surface area contributed by atoms with Crippen LogP contribution in [0, 0.1) is 0 Å². The van der Waals surface area contributed by atoms with Crippen molar-refractivity contribution in [1.82, 2.24) is 15.5 Å². The van der Waals surface area contributed by atoms with Gasteiger partial charge in [0.2, 0.25) is 0 Å². The number of halogens is 1. The quantitative estimate of drug-likeness (QED) is 0.894. The molecular formula is C15H18ClN3. The van der Waals surface area contributed by atoms with Crippen molar-refractivity contribution in [3.05, 3.63) is 52.8 Å². The van der Waals surface area contributed by atoms with Crippen molar-refractivity contribution < 1.29 is 0 Å². The van der Waals surface area contributed by atoms with Crippen LogP contribution in [-0.2, 0) is 0 Å². The minimum absolute atomic E-state index is 0.356.